The Hall–Kier alpha value is -2.53. The molecule has 2 rings (SSSR count). The number of benzene rings is 2. The van der Waals surface area contributed by atoms with E-state index in [9.17, 15) is 9.59 Å². The fourth-order valence-corrected chi connectivity index (χ4v) is 2.01. The molecule has 0 bridgehead atoms. The van der Waals surface area contributed by atoms with Crippen LogP contribution in [0, 0.1) is 0 Å². The van der Waals surface area contributed by atoms with Crippen molar-refractivity contribution in [2.24, 2.45) is 0 Å². The molecule has 6 heteroatoms. The third-order valence-electron chi connectivity index (χ3n) is 3.17. The van der Waals surface area contributed by atoms with Gasteiger partial charge in [-0.25, -0.2) is 0 Å². The highest BCUT2D eigenvalue weighted by atomic mass is 35.5. The zero-order chi connectivity index (χ0) is 17.4. The molecule has 5 nitrogen and oxygen atoms in total. The summed E-state index contributed by atoms with van der Waals surface area (Å²) < 4.78 is 5.66. The summed E-state index contributed by atoms with van der Waals surface area (Å²) in [5, 5.41) is 5.74. The Bertz CT molecular complexity index is 684. The van der Waals surface area contributed by atoms with Gasteiger partial charge in [0, 0.05) is 17.3 Å². The van der Waals surface area contributed by atoms with Gasteiger partial charge in [-0.3, -0.25) is 9.59 Å². The fraction of sp³-hybridized carbons (Fsp3) is 0.222. The Balaban J connectivity index is 1.85. The van der Waals surface area contributed by atoms with Crippen LogP contribution < -0.4 is 15.4 Å². The summed E-state index contributed by atoms with van der Waals surface area (Å²) in [6.45, 7) is 2.81. The molecule has 126 valence electrons. The average molecular weight is 347 g/mol. The summed E-state index contributed by atoms with van der Waals surface area (Å²) in [6.07, 6.45) is 0.776. The predicted octanol–water partition coefficient (Wildman–Crippen LogP) is 3.38. The maximum atomic E-state index is 11.7. The van der Waals surface area contributed by atoms with Crippen molar-refractivity contribution in [2.75, 3.05) is 11.9 Å². The number of carbonyl (C=O) groups is 2. The number of amides is 2. The minimum absolute atomic E-state index is 0.419. The molecule has 0 atom stereocenters. The van der Waals surface area contributed by atoms with Gasteiger partial charge in [0.2, 0.25) is 0 Å². The van der Waals surface area contributed by atoms with Crippen LogP contribution in [-0.2, 0) is 16.2 Å². The Morgan fingerprint density at radius 2 is 1.67 bits per heavy atom. The van der Waals surface area contributed by atoms with E-state index in [1.807, 2.05) is 31.2 Å². The van der Waals surface area contributed by atoms with Crippen LogP contribution in [-0.4, -0.2) is 18.4 Å². The molecule has 2 N–H and O–H groups in total. The van der Waals surface area contributed by atoms with Crippen molar-refractivity contribution in [3.63, 3.8) is 0 Å². The molecular formula is C18H19ClN2O3. The first-order valence-corrected chi connectivity index (χ1v) is 8.02. The molecule has 0 saturated carbocycles. The summed E-state index contributed by atoms with van der Waals surface area (Å²) in [7, 11) is 0. The first-order valence-electron chi connectivity index (χ1n) is 7.65. The van der Waals surface area contributed by atoms with Gasteiger partial charge in [-0.15, -0.1) is 0 Å². The highest BCUT2D eigenvalue weighted by molar-refractivity contribution is 6.39. The van der Waals surface area contributed by atoms with Crippen LogP contribution >= 0.6 is 11.6 Å². The van der Waals surface area contributed by atoms with Crippen molar-refractivity contribution in [1.29, 1.82) is 0 Å². The molecule has 0 spiro atoms. The molecule has 0 fully saturated rings. The number of ether oxygens (including phenoxy) is 1. The zero-order valence-corrected chi connectivity index (χ0v) is 14.1. The lowest BCUT2D eigenvalue weighted by Crippen LogP contribution is -2.35. The maximum Gasteiger partial charge on any atom is 0.313 e. The van der Waals surface area contributed by atoms with E-state index in [2.05, 4.69) is 10.6 Å². The Morgan fingerprint density at radius 1 is 1.00 bits per heavy atom. The van der Waals surface area contributed by atoms with E-state index in [1.54, 1.807) is 24.3 Å². The lowest BCUT2D eigenvalue weighted by molar-refractivity contribution is -0.136. The number of halogens is 1. The summed E-state index contributed by atoms with van der Waals surface area (Å²) in [6, 6.07) is 14.2. The molecule has 2 aromatic carbocycles. The molecule has 0 aliphatic heterocycles. The van der Waals surface area contributed by atoms with Gasteiger partial charge in [0.25, 0.3) is 0 Å². The molecule has 0 aliphatic rings. The van der Waals surface area contributed by atoms with E-state index in [0.29, 0.717) is 29.6 Å². The first-order chi connectivity index (χ1) is 11.6. The van der Waals surface area contributed by atoms with E-state index in [0.717, 1.165) is 12.0 Å². The van der Waals surface area contributed by atoms with Gasteiger partial charge in [-0.2, -0.15) is 0 Å². The SMILES string of the molecule is CCCNC(=O)C(=O)Nc1ccc(OCc2ccc(Cl)cc2)cc1. The molecule has 0 heterocycles. The minimum Gasteiger partial charge on any atom is -0.489 e. The van der Waals surface area contributed by atoms with E-state index in [1.165, 1.54) is 0 Å². The van der Waals surface area contributed by atoms with Gasteiger partial charge in [0.05, 0.1) is 0 Å². The molecule has 0 aromatic heterocycles. The molecule has 0 radical (unpaired) electrons. The smallest absolute Gasteiger partial charge is 0.313 e. The number of rotatable bonds is 6. The quantitative estimate of drug-likeness (QED) is 0.788. The number of hydrogen-bond donors (Lipinski definition) is 2. The van der Waals surface area contributed by atoms with Crippen molar-refractivity contribution in [3.05, 3.63) is 59.1 Å². The molecule has 0 saturated heterocycles. The average Bonchev–Trinajstić information content (AvgIpc) is 2.60. The van der Waals surface area contributed by atoms with Crippen LogP contribution in [0.3, 0.4) is 0 Å². The van der Waals surface area contributed by atoms with Crippen LogP contribution in [0.25, 0.3) is 0 Å². The number of anilines is 1. The molecular weight excluding hydrogens is 328 g/mol. The molecule has 24 heavy (non-hydrogen) atoms. The Labute approximate surface area is 146 Å². The van der Waals surface area contributed by atoms with E-state index in [-0.39, 0.29) is 0 Å². The van der Waals surface area contributed by atoms with Gasteiger partial charge in [0.15, 0.2) is 0 Å². The number of hydrogen-bond acceptors (Lipinski definition) is 3. The van der Waals surface area contributed by atoms with Gasteiger partial charge >= 0.3 is 11.8 Å². The van der Waals surface area contributed by atoms with Crippen molar-refractivity contribution >= 4 is 29.1 Å². The molecule has 2 amide bonds. The van der Waals surface area contributed by atoms with Crippen molar-refractivity contribution in [3.8, 4) is 5.75 Å². The highest BCUT2D eigenvalue weighted by Gasteiger charge is 2.12. The van der Waals surface area contributed by atoms with E-state index >= 15 is 0 Å². The summed E-state index contributed by atoms with van der Waals surface area (Å²) in [5.74, 6) is -0.656. The topological polar surface area (TPSA) is 67.4 Å². The largest absolute Gasteiger partial charge is 0.489 e. The lowest BCUT2D eigenvalue weighted by atomic mass is 10.2. The monoisotopic (exact) mass is 346 g/mol. The van der Waals surface area contributed by atoms with E-state index in [4.69, 9.17) is 16.3 Å². The van der Waals surface area contributed by atoms with Crippen molar-refractivity contribution < 1.29 is 14.3 Å². The van der Waals surface area contributed by atoms with E-state index < -0.39 is 11.8 Å². The predicted molar refractivity (Wildman–Crippen MR) is 94.2 cm³/mol. The Morgan fingerprint density at radius 3 is 2.29 bits per heavy atom. The Kier molecular flexibility index (Phi) is 6.63. The number of nitrogens with one attached hydrogen (secondary N) is 2. The molecule has 0 unspecified atom stereocenters. The second-order valence-corrected chi connectivity index (χ2v) is 5.59. The molecule has 0 aliphatic carbocycles. The van der Waals surface area contributed by atoms with Crippen LogP contribution in [0.2, 0.25) is 5.02 Å². The van der Waals surface area contributed by atoms with Crippen molar-refractivity contribution in [2.45, 2.75) is 20.0 Å². The normalized spacial score (nSPS) is 10.1. The maximum absolute atomic E-state index is 11.7. The van der Waals surface area contributed by atoms with Crippen LogP contribution in [0.15, 0.2) is 48.5 Å². The summed E-state index contributed by atoms with van der Waals surface area (Å²) in [4.78, 5) is 23.2. The zero-order valence-electron chi connectivity index (χ0n) is 13.3. The third kappa shape index (κ3) is 5.59. The minimum atomic E-state index is -0.682. The van der Waals surface area contributed by atoms with Crippen LogP contribution in [0.4, 0.5) is 5.69 Å². The fourth-order valence-electron chi connectivity index (χ4n) is 1.89. The number of carbonyl (C=O) groups excluding carboxylic acids is 2. The first kappa shape index (κ1) is 17.8. The van der Waals surface area contributed by atoms with Crippen LogP contribution in [0.5, 0.6) is 5.75 Å². The standard InChI is InChI=1S/C18H19ClN2O3/c1-2-11-20-17(22)18(23)21-15-7-9-16(10-8-15)24-12-13-3-5-14(19)6-4-13/h3-10H,2,11-12H2,1H3,(H,20,22)(H,21,23). The van der Waals surface area contributed by atoms with Gasteiger partial charge in [-0.05, 0) is 48.4 Å². The summed E-state index contributed by atoms with van der Waals surface area (Å²) >= 11 is 5.83. The highest BCUT2D eigenvalue weighted by Crippen LogP contribution is 2.17. The van der Waals surface area contributed by atoms with Crippen molar-refractivity contribution in [1.82, 2.24) is 5.32 Å². The second-order valence-electron chi connectivity index (χ2n) is 5.15. The van der Waals surface area contributed by atoms with Gasteiger partial charge in [-0.1, -0.05) is 30.7 Å². The third-order valence-corrected chi connectivity index (χ3v) is 3.42. The second kappa shape index (κ2) is 8.93. The van der Waals surface area contributed by atoms with Gasteiger partial charge in [0.1, 0.15) is 12.4 Å². The summed E-state index contributed by atoms with van der Waals surface area (Å²) in [5.41, 5.74) is 1.54. The van der Waals surface area contributed by atoms with Crippen LogP contribution in [0.1, 0.15) is 18.9 Å². The molecule has 2 aromatic rings. The van der Waals surface area contributed by atoms with Gasteiger partial charge < -0.3 is 15.4 Å². The lowest BCUT2D eigenvalue weighted by Gasteiger charge is -2.08.